The molecule has 0 saturated carbocycles. The second-order valence-corrected chi connectivity index (χ2v) is 6.17. The second kappa shape index (κ2) is 6.12. The van der Waals surface area contributed by atoms with Gasteiger partial charge in [0.2, 0.25) is 0 Å². The first-order valence-corrected chi connectivity index (χ1v) is 7.48. The van der Waals surface area contributed by atoms with Gasteiger partial charge in [0.05, 0.1) is 4.24 Å². The molecule has 0 atom stereocenters. The van der Waals surface area contributed by atoms with Crippen molar-refractivity contribution in [3.05, 3.63) is 51.8 Å². The van der Waals surface area contributed by atoms with Gasteiger partial charge >= 0.3 is 0 Å². The highest BCUT2D eigenvalue weighted by atomic mass is 32.2. The lowest BCUT2D eigenvalue weighted by Gasteiger charge is -2.01. The summed E-state index contributed by atoms with van der Waals surface area (Å²) in [7, 11) is 0. The summed E-state index contributed by atoms with van der Waals surface area (Å²) >= 11 is 3.57. The SMILES string of the molecule is CC(=O)C(/C=C/c1ccccc1)=C1SCCS1. The van der Waals surface area contributed by atoms with Crippen LogP contribution in [-0.2, 0) is 4.79 Å². The van der Waals surface area contributed by atoms with Gasteiger partial charge < -0.3 is 0 Å². The first-order chi connectivity index (χ1) is 8.27. The number of carbonyl (C=O) groups excluding carboxylic acids is 1. The van der Waals surface area contributed by atoms with Crippen LogP contribution in [0.3, 0.4) is 0 Å². The predicted molar refractivity (Wildman–Crippen MR) is 78.1 cm³/mol. The molecule has 0 amide bonds. The molecule has 1 aliphatic heterocycles. The van der Waals surface area contributed by atoms with Crippen molar-refractivity contribution in [1.29, 1.82) is 0 Å². The largest absolute Gasteiger partial charge is 0.294 e. The third-order valence-electron chi connectivity index (χ3n) is 2.39. The normalized spacial score (nSPS) is 15.5. The van der Waals surface area contributed by atoms with E-state index in [1.807, 2.05) is 42.5 Å². The van der Waals surface area contributed by atoms with Crippen LogP contribution in [0.5, 0.6) is 0 Å². The van der Waals surface area contributed by atoms with Gasteiger partial charge in [-0.3, -0.25) is 4.79 Å². The molecular formula is C14H14OS2. The van der Waals surface area contributed by atoms with Crippen LogP contribution >= 0.6 is 23.5 Å². The standard InChI is InChI=1S/C14H14OS2/c1-11(15)13(14-16-9-10-17-14)8-7-12-5-3-2-4-6-12/h2-8H,9-10H2,1H3/b8-7+. The van der Waals surface area contributed by atoms with E-state index in [1.165, 1.54) is 4.24 Å². The number of rotatable bonds is 3. The Hall–Kier alpha value is -0.930. The zero-order valence-electron chi connectivity index (χ0n) is 9.68. The van der Waals surface area contributed by atoms with Gasteiger partial charge in [0, 0.05) is 17.1 Å². The third-order valence-corrected chi connectivity index (χ3v) is 5.14. The first kappa shape index (κ1) is 12.5. The van der Waals surface area contributed by atoms with Gasteiger partial charge in [0.25, 0.3) is 0 Å². The molecule has 3 heteroatoms. The van der Waals surface area contributed by atoms with Crippen LogP contribution in [-0.4, -0.2) is 17.3 Å². The van der Waals surface area contributed by atoms with Crippen molar-refractivity contribution in [1.82, 2.24) is 0 Å². The molecule has 2 rings (SSSR count). The van der Waals surface area contributed by atoms with E-state index >= 15 is 0 Å². The van der Waals surface area contributed by atoms with Crippen LogP contribution in [0.4, 0.5) is 0 Å². The summed E-state index contributed by atoms with van der Waals surface area (Å²) in [6.07, 6.45) is 3.95. The fourth-order valence-corrected chi connectivity index (χ4v) is 4.14. The van der Waals surface area contributed by atoms with Crippen LogP contribution < -0.4 is 0 Å². The van der Waals surface area contributed by atoms with Crippen molar-refractivity contribution in [3.63, 3.8) is 0 Å². The zero-order chi connectivity index (χ0) is 12.1. The Morgan fingerprint density at radius 3 is 2.41 bits per heavy atom. The van der Waals surface area contributed by atoms with E-state index in [0.29, 0.717) is 0 Å². The minimum absolute atomic E-state index is 0.147. The minimum Gasteiger partial charge on any atom is -0.294 e. The topological polar surface area (TPSA) is 17.1 Å². The summed E-state index contributed by atoms with van der Waals surface area (Å²) in [5.41, 5.74) is 1.97. The van der Waals surface area contributed by atoms with Crippen LogP contribution in [0.25, 0.3) is 6.08 Å². The molecule has 1 saturated heterocycles. The van der Waals surface area contributed by atoms with E-state index in [4.69, 9.17) is 0 Å². The fraction of sp³-hybridized carbons (Fsp3) is 0.214. The molecule has 0 aromatic heterocycles. The van der Waals surface area contributed by atoms with Crippen molar-refractivity contribution >= 4 is 35.4 Å². The van der Waals surface area contributed by atoms with Gasteiger partial charge in [-0.15, -0.1) is 23.5 Å². The number of hydrogen-bond acceptors (Lipinski definition) is 3. The number of benzene rings is 1. The minimum atomic E-state index is 0.147. The van der Waals surface area contributed by atoms with Crippen LogP contribution in [0.1, 0.15) is 12.5 Å². The highest BCUT2D eigenvalue weighted by Crippen LogP contribution is 2.39. The van der Waals surface area contributed by atoms with Gasteiger partial charge in [-0.05, 0) is 18.6 Å². The van der Waals surface area contributed by atoms with Gasteiger partial charge in [-0.1, -0.05) is 36.4 Å². The highest BCUT2D eigenvalue weighted by molar-refractivity contribution is 8.25. The van der Waals surface area contributed by atoms with Crippen molar-refractivity contribution in [2.24, 2.45) is 0 Å². The Morgan fingerprint density at radius 2 is 1.82 bits per heavy atom. The maximum Gasteiger partial charge on any atom is 0.161 e. The second-order valence-electron chi connectivity index (χ2n) is 3.70. The number of Topliss-reactive ketones (excluding diaryl/α,β-unsaturated/α-hetero) is 1. The molecule has 1 aromatic rings. The number of allylic oxidation sites excluding steroid dienone is 2. The summed E-state index contributed by atoms with van der Waals surface area (Å²) in [6, 6.07) is 10.1. The lowest BCUT2D eigenvalue weighted by atomic mass is 10.1. The number of carbonyl (C=O) groups is 1. The molecular weight excluding hydrogens is 248 g/mol. The first-order valence-electron chi connectivity index (χ1n) is 5.51. The molecule has 0 spiro atoms. The van der Waals surface area contributed by atoms with Crippen LogP contribution in [0.15, 0.2) is 46.2 Å². The zero-order valence-corrected chi connectivity index (χ0v) is 11.3. The fourth-order valence-electron chi connectivity index (χ4n) is 1.54. The monoisotopic (exact) mass is 262 g/mol. The van der Waals surface area contributed by atoms with E-state index in [2.05, 4.69) is 0 Å². The van der Waals surface area contributed by atoms with Crippen LogP contribution in [0, 0.1) is 0 Å². The maximum absolute atomic E-state index is 11.6. The maximum atomic E-state index is 11.6. The molecule has 1 heterocycles. The quantitative estimate of drug-likeness (QED) is 0.767. The van der Waals surface area contributed by atoms with Crippen molar-refractivity contribution in [2.75, 3.05) is 11.5 Å². The van der Waals surface area contributed by atoms with Crippen LogP contribution in [0.2, 0.25) is 0 Å². The molecule has 17 heavy (non-hydrogen) atoms. The molecule has 1 fully saturated rings. The Kier molecular flexibility index (Phi) is 4.51. The molecule has 1 aromatic carbocycles. The molecule has 1 nitrogen and oxygen atoms in total. The van der Waals surface area contributed by atoms with Gasteiger partial charge in [-0.2, -0.15) is 0 Å². The lowest BCUT2D eigenvalue weighted by molar-refractivity contribution is -0.113. The molecule has 0 bridgehead atoms. The lowest BCUT2D eigenvalue weighted by Crippen LogP contribution is -1.94. The Balaban J connectivity index is 2.22. The van der Waals surface area contributed by atoms with E-state index in [-0.39, 0.29) is 5.78 Å². The number of hydrogen-bond donors (Lipinski definition) is 0. The Labute approximate surface area is 110 Å². The summed E-state index contributed by atoms with van der Waals surface area (Å²) < 4.78 is 1.17. The highest BCUT2D eigenvalue weighted by Gasteiger charge is 2.15. The Bertz CT molecular complexity index is 452. The van der Waals surface area contributed by atoms with E-state index in [0.717, 1.165) is 22.6 Å². The predicted octanol–water partition coefficient (Wildman–Crippen LogP) is 3.98. The summed E-state index contributed by atoms with van der Waals surface area (Å²) in [6.45, 7) is 1.64. The van der Waals surface area contributed by atoms with E-state index in [9.17, 15) is 4.79 Å². The van der Waals surface area contributed by atoms with E-state index in [1.54, 1.807) is 30.4 Å². The molecule has 0 radical (unpaired) electrons. The smallest absolute Gasteiger partial charge is 0.161 e. The average Bonchev–Trinajstić information content (AvgIpc) is 2.84. The molecule has 0 N–H and O–H groups in total. The van der Waals surface area contributed by atoms with Gasteiger partial charge in [0.1, 0.15) is 0 Å². The third kappa shape index (κ3) is 3.51. The number of ketones is 1. The molecule has 88 valence electrons. The van der Waals surface area contributed by atoms with Crippen molar-refractivity contribution < 1.29 is 4.79 Å². The molecule has 1 aliphatic rings. The average molecular weight is 262 g/mol. The summed E-state index contributed by atoms with van der Waals surface area (Å²) in [5, 5.41) is 0. The van der Waals surface area contributed by atoms with E-state index < -0.39 is 0 Å². The van der Waals surface area contributed by atoms with Gasteiger partial charge in [0.15, 0.2) is 5.78 Å². The summed E-state index contributed by atoms with van der Waals surface area (Å²) in [5.74, 6) is 2.36. The van der Waals surface area contributed by atoms with Crippen molar-refractivity contribution in [3.8, 4) is 0 Å². The number of thioether (sulfide) groups is 2. The molecule has 0 unspecified atom stereocenters. The summed E-state index contributed by atoms with van der Waals surface area (Å²) in [4.78, 5) is 11.6. The van der Waals surface area contributed by atoms with Gasteiger partial charge in [-0.25, -0.2) is 0 Å². The molecule has 0 aliphatic carbocycles. The Morgan fingerprint density at radius 1 is 1.18 bits per heavy atom. The van der Waals surface area contributed by atoms with Crippen molar-refractivity contribution in [2.45, 2.75) is 6.92 Å².